The lowest BCUT2D eigenvalue weighted by atomic mass is 10.1. The zero-order chi connectivity index (χ0) is 13.5. The predicted octanol–water partition coefficient (Wildman–Crippen LogP) is 5.36. The lowest BCUT2D eigenvalue weighted by molar-refractivity contribution is 0.533. The predicted molar refractivity (Wildman–Crippen MR) is 77.0 cm³/mol. The van der Waals surface area contributed by atoms with Crippen molar-refractivity contribution in [1.29, 1.82) is 0 Å². The van der Waals surface area contributed by atoms with Gasteiger partial charge in [-0.2, -0.15) is 0 Å². The van der Waals surface area contributed by atoms with E-state index in [2.05, 4.69) is 12.2 Å². The van der Waals surface area contributed by atoms with Crippen LogP contribution in [-0.2, 0) is 0 Å². The molecule has 0 aliphatic heterocycles. The molecule has 18 heavy (non-hydrogen) atoms. The number of nitrogens with one attached hydrogen (secondary N) is 1. The van der Waals surface area contributed by atoms with Crippen LogP contribution < -0.4 is 5.32 Å². The molecule has 0 heterocycles. The van der Waals surface area contributed by atoms with Gasteiger partial charge in [0.1, 0.15) is 5.82 Å². The second-order valence-corrected chi connectivity index (χ2v) is 5.28. The highest BCUT2D eigenvalue weighted by molar-refractivity contribution is 6.36. The zero-order valence-corrected chi connectivity index (χ0v) is 12.4. The number of hydrogen-bond donors (Lipinski definition) is 1. The first-order valence-corrected chi connectivity index (χ1v) is 7.20. The molecule has 0 fully saturated rings. The second kappa shape index (κ2) is 7.98. The Hall–Kier alpha value is -0.310. The van der Waals surface area contributed by atoms with Gasteiger partial charge in [-0.1, -0.05) is 49.4 Å². The highest BCUT2D eigenvalue weighted by Gasteiger charge is 2.16. The van der Waals surface area contributed by atoms with Crippen molar-refractivity contribution in [3.05, 3.63) is 33.6 Å². The van der Waals surface area contributed by atoms with E-state index >= 15 is 0 Å². The summed E-state index contributed by atoms with van der Waals surface area (Å²) in [6.07, 6.45) is 4.79. The summed E-state index contributed by atoms with van der Waals surface area (Å²) < 4.78 is 13.4. The third-order valence-corrected chi connectivity index (χ3v) is 3.71. The van der Waals surface area contributed by atoms with Crippen molar-refractivity contribution >= 4 is 23.2 Å². The summed E-state index contributed by atoms with van der Waals surface area (Å²) in [4.78, 5) is 0. The Morgan fingerprint density at radius 3 is 2.61 bits per heavy atom. The molecule has 0 aliphatic carbocycles. The third kappa shape index (κ3) is 4.42. The van der Waals surface area contributed by atoms with Crippen molar-refractivity contribution in [2.45, 2.75) is 45.6 Å². The smallest absolute Gasteiger partial charge is 0.142 e. The molecule has 1 nitrogen and oxygen atoms in total. The molecule has 0 aromatic heterocycles. The maximum Gasteiger partial charge on any atom is 0.142 e. The average molecular weight is 292 g/mol. The van der Waals surface area contributed by atoms with E-state index in [0.29, 0.717) is 10.6 Å². The van der Waals surface area contributed by atoms with Gasteiger partial charge in [-0.3, -0.25) is 0 Å². The summed E-state index contributed by atoms with van der Waals surface area (Å²) >= 11 is 12.0. The van der Waals surface area contributed by atoms with Crippen molar-refractivity contribution in [2.24, 2.45) is 0 Å². The van der Waals surface area contributed by atoms with E-state index < -0.39 is 5.82 Å². The quantitative estimate of drug-likeness (QED) is 0.526. The summed E-state index contributed by atoms with van der Waals surface area (Å²) in [5, 5.41) is 3.96. The highest BCUT2D eigenvalue weighted by atomic mass is 35.5. The molecule has 1 aromatic carbocycles. The van der Waals surface area contributed by atoms with Gasteiger partial charge in [0.25, 0.3) is 0 Å². The largest absolute Gasteiger partial charge is 0.310 e. The fraction of sp³-hybridized carbons (Fsp3) is 0.571. The molecule has 102 valence electrons. The molecule has 0 saturated carbocycles. The Kier molecular flexibility index (Phi) is 6.98. The summed E-state index contributed by atoms with van der Waals surface area (Å²) in [6.45, 7) is 5.03. The molecule has 1 aromatic rings. The van der Waals surface area contributed by atoms with Gasteiger partial charge in [0.15, 0.2) is 0 Å². The first-order chi connectivity index (χ1) is 8.57. The third-order valence-electron chi connectivity index (χ3n) is 2.99. The van der Waals surface area contributed by atoms with Gasteiger partial charge in [0, 0.05) is 16.6 Å². The molecular weight excluding hydrogens is 272 g/mol. The van der Waals surface area contributed by atoms with Gasteiger partial charge in [-0.15, -0.1) is 0 Å². The number of rotatable bonds is 7. The number of hydrogen-bond acceptors (Lipinski definition) is 1. The minimum absolute atomic E-state index is 0.0395. The van der Waals surface area contributed by atoms with Crippen LogP contribution in [0.2, 0.25) is 10.0 Å². The Bertz CT molecular complexity index is 382. The van der Waals surface area contributed by atoms with Crippen molar-refractivity contribution in [3.8, 4) is 0 Å². The van der Waals surface area contributed by atoms with Gasteiger partial charge in [0.05, 0.1) is 5.02 Å². The SMILES string of the molecule is CCCCCCNC(C)c1c(Cl)ccc(F)c1Cl. The minimum Gasteiger partial charge on any atom is -0.310 e. The van der Waals surface area contributed by atoms with Crippen LogP contribution >= 0.6 is 23.2 Å². The Balaban J connectivity index is 2.56. The van der Waals surface area contributed by atoms with E-state index in [4.69, 9.17) is 23.2 Å². The summed E-state index contributed by atoms with van der Waals surface area (Å²) in [6, 6.07) is 2.80. The van der Waals surface area contributed by atoms with E-state index in [-0.39, 0.29) is 11.1 Å². The van der Waals surface area contributed by atoms with E-state index in [1.165, 1.54) is 25.3 Å². The number of halogens is 3. The minimum atomic E-state index is -0.421. The van der Waals surface area contributed by atoms with Gasteiger partial charge < -0.3 is 5.32 Å². The lowest BCUT2D eigenvalue weighted by Gasteiger charge is -2.17. The second-order valence-electron chi connectivity index (χ2n) is 4.49. The van der Waals surface area contributed by atoms with Gasteiger partial charge in [-0.25, -0.2) is 4.39 Å². The van der Waals surface area contributed by atoms with Crippen molar-refractivity contribution < 1.29 is 4.39 Å². The first kappa shape index (κ1) is 15.7. The Morgan fingerprint density at radius 1 is 1.22 bits per heavy atom. The molecule has 0 radical (unpaired) electrons. The normalized spacial score (nSPS) is 12.7. The van der Waals surface area contributed by atoms with Crippen LogP contribution in [-0.4, -0.2) is 6.54 Å². The Morgan fingerprint density at radius 2 is 1.94 bits per heavy atom. The lowest BCUT2D eigenvalue weighted by Crippen LogP contribution is -2.20. The molecule has 0 saturated heterocycles. The van der Waals surface area contributed by atoms with Crippen LogP contribution in [0, 0.1) is 5.82 Å². The monoisotopic (exact) mass is 291 g/mol. The fourth-order valence-electron chi connectivity index (χ4n) is 1.91. The molecule has 0 amide bonds. The summed E-state index contributed by atoms with van der Waals surface area (Å²) in [5.41, 5.74) is 0.647. The van der Waals surface area contributed by atoms with E-state index in [9.17, 15) is 4.39 Å². The maximum atomic E-state index is 13.4. The Labute approximate surface area is 119 Å². The van der Waals surface area contributed by atoms with Crippen molar-refractivity contribution in [2.75, 3.05) is 6.54 Å². The molecular formula is C14H20Cl2FN. The molecule has 0 spiro atoms. The molecule has 1 N–H and O–H groups in total. The highest BCUT2D eigenvalue weighted by Crippen LogP contribution is 2.32. The maximum absolute atomic E-state index is 13.4. The first-order valence-electron chi connectivity index (χ1n) is 6.44. The average Bonchev–Trinajstić information content (AvgIpc) is 2.34. The standard InChI is InChI=1S/C14H20Cl2FN/c1-3-4-5-6-9-18-10(2)13-11(15)7-8-12(17)14(13)16/h7-8,10,18H,3-6,9H2,1-2H3. The van der Waals surface area contributed by atoms with Crippen molar-refractivity contribution in [3.63, 3.8) is 0 Å². The van der Waals surface area contributed by atoms with Crippen LogP contribution in [0.25, 0.3) is 0 Å². The molecule has 4 heteroatoms. The van der Waals surface area contributed by atoms with Gasteiger partial charge >= 0.3 is 0 Å². The van der Waals surface area contributed by atoms with Gasteiger partial charge in [0.2, 0.25) is 0 Å². The van der Waals surface area contributed by atoms with Gasteiger partial charge in [-0.05, 0) is 32.0 Å². The fourth-order valence-corrected chi connectivity index (χ4v) is 2.61. The summed E-state index contributed by atoms with van der Waals surface area (Å²) in [5.74, 6) is -0.421. The number of benzene rings is 1. The molecule has 1 rings (SSSR count). The zero-order valence-electron chi connectivity index (χ0n) is 10.9. The number of unbranched alkanes of at least 4 members (excludes halogenated alkanes) is 3. The molecule has 1 atom stereocenters. The van der Waals surface area contributed by atoms with Crippen LogP contribution in [0.4, 0.5) is 4.39 Å². The van der Waals surface area contributed by atoms with Crippen molar-refractivity contribution in [1.82, 2.24) is 5.32 Å². The van der Waals surface area contributed by atoms with E-state index in [1.807, 2.05) is 6.92 Å². The van der Waals surface area contributed by atoms with Crippen LogP contribution in [0.3, 0.4) is 0 Å². The molecule has 1 unspecified atom stereocenters. The van der Waals surface area contributed by atoms with E-state index in [0.717, 1.165) is 13.0 Å². The van der Waals surface area contributed by atoms with E-state index in [1.54, 1.807) is 6.07 Å². The molecule has 0 bridgehead atoms. The topological polar surface area (TPSA) is 12.0 Å². The van der Waals surface area contributed by atoms with Crippen LogP contribution in [0.1, 0.15) is 51.1 Å². The van der Waals surface area contributed by atoms with Crippen LogP contribution in [0.5, 0.6) is 0 Å². The summed E-state index contributed by atoms with van der Waals surface area (Å²) in [7, 11) is 0. The molecule has 0 aliphatic rings. The van der Waals surface area contributed by atoms with Crippen LogP contribution in [0.15, 0.2) is 12.1 Å².